The standard InChI is InChI=1S/C13H21N3O3/c1-5-10(9(3)14-6-2)13-11(16(17)18)7-8-12(15-13)19-4/h7-10,14H,5-6H2,1-4H3. The largest absolute Gasteiger partial charge is 0.481 e. The molecule has 0 aliphatic heterocycles. The van der Waals surface area contributed by atoms with E-state index in [0.29, 0.717) is 11.6 Å². The first-order valence-electron chi connectivity index (χ1n) is 6.47. The van der Waals surface area contributed by atoms with Gasteiger partial charge in [-0.15, -0.1) is 0 Å². The fraction of sp³-hybridized carbons (Fsp3) is 0.615. The summed E-state index contributed by atoms with van der Waals surface area (Å²) in [6, 6.07) is 3.10. The number of pyridine rings is 1. The minimum atomic E-state index is -0.386. The summed E-state index contributed by atoms with van der Waals surface area (Å²) in [6.07, 6.45) is 0.773. The predicted molar refractivity (Wildman–Crippen MR) is 73.6 cm³/mol. The Morgan fingerprint density at radius 2 is 2.16 bits per heavy atom. The maximum Gasteiger partial charge on any atom is 0.291 e. The number of likely N-dealkylation sites (N-methyl/N-ethyl adjacent to an activating group) is 1. The van der Waals surface area contributed by atoms with Gasteiger partial charge in [0, 0.05) is 24.1 Å². The van der Waals surface area contributed by atoms with Crippen LogP contribution in [0.4, 0.5) is 5.69 Å². The number of rotatable bonds is 7. The lowest BCUT2D eigenvalue weighted by Crippen LogP contribution is -2.32. The first-order valence-corrected chi connectivity index (χ1v) is 6.47. The number of ether oxygens (including phenoxy) is 1. The van der Waals surface area contributed by atoms with Gasteiger partial charge < -0.3 is 10.1 Å². The van der Waals surface area contributed by atoms with E-state index in [1.807, 2.05) is 20.8 Å². The fourth-order valence-corrected chi connectivity index (χ4v) is 2.24. The number of aromatic nitrogens is 1. The summed E-state index contributed by atoms with van der Waals surface area (Å²) in [5, 5.41) is 14.4. The molecule has 0 aromatic carbocycles. The zero-order valence-electron chi connectivity index (χ0n) is 11.8. The number of hydrogen-bond donors (Lipinski definition) is 1. The van der Waals surface area contributed by atoms with Gasteiger partial charge in [-0.05, 0) is 19.9 Å². The van der Waals surface area contributed by atoms with Gasteiger partial charge in [-0.2, -0.15) is 0 Å². The molecule has 1 aromatic rings. The monoisotopic (exact) mass is 267 g/mol. The minimum Gasteiger partial charge on any atom is -0.481 e. The van der Waals surface area contributed by atoms with Crippen LogP contribution in [0, 0.1) is 10.1 Å². The highest BCUT2D eigenvalue weighted by Gasteiger charge is 2.27. The summed E-state index contributed by atoms with van der Waals surface area (Å²) in [4.78, 5) is 15.0. The topological polar surface area (TPSA) is 77.3 Å². The van der Waals surface area contributed by atoms with Crippen molar-refractivity contribution >= 4 is 5.69 Å². The van der Waals surface area contributed by atoms with Gasteiger partial charge in [0.2, 0.25) is 5.88 Å². The molecular formula is C13H21N3O3. The minimum absolute atomic E-state index is 0.0181. The quantitative estimate of drug-likeness (QED) is 0.606. The number of nitro groups is 1. The van der Waals surface area contributed by atoms with E-state index in [1.54, 1.807) is 0 Å². The van der Waals surface area contributed by atoms with Crippen LogP contribution in [0.15, 0.2) is 12.1 Å². The third-order valence-corrected chi connectivity index (χ3v) is 3.20. The second-order valence-electron chi connectivity index (χ2n) is 4.38. The first-order chi connectivity index (χ1) is 9.04. The predicted octanol–water partition coefficient (Wildman–Crippen LogP) is 2.49. The van der Waals surface area contributed by atoms with Crippen molar-refractivity contribution in [3.8, 4) is 5.88 Å². The van der Waals surface area contributed by atoms with Crippen molar-refractivity contribution in [3.63, 3.8) is 0 Å². The Labute approximate surface area is 113 Å². The molecule has 2 unspecified atom stereocenters. The van der Waals surface area contributed by atoms with E-state index in [9.17, 15) is 10.1 Å². The van der Waals surface area contributed by atoms with E-state index in [2.05, 4.69) is 10.3 Å². The molecule has 0 amide bonds. The maximum absolute atomic E-state index is 11.1. The summed E-state index contributed by atoms with van der Waals surface area (Å²) in [7, 11) is 1.51. The van der Waals surface area contributed by atoms with Crippen LogP contribution in [0.5, 0.6) is 5.88 Å². The van der Waals surface area contributed by atoms with Crippen molar-refractivity contribution in [1.29, 1.82) is 0 Å². The lowest BCUT2D eigenvalue weighted by atomic mass is 9.93. The fourth-order valence-electron chi connectivity index (χ4n) is 2.24. The van der Waals surface area contributed by atoms with Crippen molar-refractivity contribution < 1.29 is 9.66 Å². The van der Waals surface area contributed by atoms with Gasteiger partial charge in [-0.1, -0.05) is 13.8 Å². The lowest BCUT2D eigenvalue weighted by Gasteiger charge is -2.23. The molecule has 0 aliphatic carbocycles. The van der Waals surface area contributed by atoms with Crippen LogP contribution in [0.1, 0.15) is 38.8 Å². The zero-order valence-corrected chi connectivity index (χ0v) is 11.8. The average Bonchev–Trinajstić information content (AvgIpc) is 2.39. The molecule has 1 rings (SSSR count). The molecule has 6 heteroatoms. The number of hydrogen-bond acceptors (Lipinski definition) is 5. The van der Waals surface area contributed by atoms with Crippen LogP contribution >= 0.6 is 0 Å². The average molecular weight is 267 g/mol. The number of methoxy groups -OCH3 is 1. The number of nitrogens with zero attached hydrogens (tertiary/aromatic N) is 2. The van der Waals surface area contributed by atoms with Crippen LogP contribution in [0.3, 0.4) is 0 Å². The summed E-state index contributed by atoms with van der Waals surface area (Å²) in [5.41, 5.74) is 0.540. The molecule has 0 bridgehead atoms. The van der Waals surface area contributed by atoms with E-state index >= 15 is 0 Å². The van der Waals surface area contributed by atoms with Gasteiger partial charge in [0.05, 0.1) is 12.0 Å². The molecule has 19 heavy (non-hydrogen) atoms. The SMILES string of the molecule is CCNC(C)C(CC)c1nc(OC)ccc1[N+](=O)[O-]. The van der Waals surface area contributed by atoms with Gasteiger partial charge in [0.25, 0.3) is 5.69 Å². The van der Waals surface area contributed by atoms with E-state index in [-0.39, 0.29) is 22.6 Å². The highest BCUT2D eigenvalue weighted by Crippen LogP contribution is 2.31. The Morgan fingerprint density at radius 3 is 2.63 bits per heavy atom. The Hall–Kier alpha value is -1.69. The molecular weight excluding hydrogens is 246 g/mol. The van der Waals surface area contributed by atoms with Crippen LogP contribution in [0.25, 0.3) is 0 Å². The molecule has 1 N–H and O–H groups in total. The van der Waals surface area contributed by atoms with E-state index in [0.717, 1.165) is 13.0 Å². The first kappa shape index (κ1) is 15.4. The van der Waals surface area contributed by atoms with Crippen molar-refractivity contribution in [2.75, 3.05) is 13.7 Å². The third kappa shape index (κ3) is 3.64. The summed E-state index contributed by atoms with van der Waals surface area (Å²) in [6.45, 7) is 6.85. The molecule has 0 fully saturated rings. The lowest BCUT2D eigenvalue weighted by molar-refractivity contribution is -0.386. The normalized spacial score (nSPS) is 13.9. The van der Waals surface area contributed by atoms with Crippen molar-refractivity contribution in [2.24, 2.45) is 0 Å². The van der Waals surface area contributed by atoms with Crippen LogP contribution in [-0.4, -0.2) is 29.6 Å². The molecule has 1 aromatic heterocycles. The Balaban J connectivity index is 3.22. The molecule has 6 nitrogen and oxygen atoms in total. The van der Waals surface area contributed by atoms with Crippen LogP contribution in [0.2, 0.25) is 0 Å². The van der Waals surface area contributed by atoms with Crippen molar-refractivity contribution in [2.45, 2.75) is 39.2 Å². The molecule has 0 saturated heterocycles. The molecule has 1 heterocycles. The second-order valence-corrected chi connectivity index (χ2v) is 4.38. The Morgan fingerprint density at radius 1 is 1.47 bits per heavy atom. The molecule has 0 radical (unpaired) electrons. The molecule has 0 spiro atoms. The molecule has 0 aliphatic rings. The second kappa shape index (κ2) is 7.04. The molecule has 2 atom stereocenters. The molecule has 106 valence electrons. The highest BCUT2D eigenvalue weighted by molar-refractivity contribution is 5.40. The van der Waals surface area contributed by atoms with Crippen LogP contribution < -0.4 is 10.1 Å². The highest BCUT2D eigenvalue weighted by atomic mass is 16.6. The summed E-state index contributed by atoms with van der Waals surface area (Å²) in [5.74, 6) is 0.387. The van der Waals surface area contributed by atoms with E-state index in [4.69, 9.17) is 4.74 Å². The van der Waals surface area contributed by atoms with Crippen molar-refractivity contribution in [1.82, 2.24) is 10.3 Å². The molecule has 0 saturated carbocycles. The van der Waals surface area contributed by atoms with E-state index < -0.39 is 0 Å². The summed E-state index contributed by atoms with van der Waals surface area (Å²) >= 11 is 0. The summed E-state index contributed by atoms with van der Waals surface area (Å²) < 4.78 is 5.07. The Bertz CT molecular complexity index is 437. The van der Waals surface area contributed by atoms with Gasteiger partial charge >= 0.3 is 0 Å². The zero-order chi connectivity index (χ0) is 14.4. The van der Waals surface area contributed by atoms with Gasteiger partial charge in [0.1, 0.15) is 5.69 Å². The van der Waals surface area contributed by atoms with Gasteiger partial charge in [0.15, 0.2) is 0 Å². The van der Waals surface area contributed by atoms with Crippen molar-refractivity contribution in [3.05, 3.63) is 27.9 Å². The smallest absolute Gasteiger partial charge is 0.291 e. The number of nitrogens with one attached hydrogen (secondary N) is 1. The van der Waals surface area contributed by atoms with Gasteiger partial charge in [-0.25, -0.2) is 4.98 Å². The van der Waals surface area contributed by atoms with Crippen LogP contribution in [-0.2, 0) is 0 Å². The maximum atomic E-state index is 11.1. The Kier molecular flexibility index (Phi) is 5.69. The third-order valence-electron chi connectivity index (χ3n) is 3.20. The van der Waals surface area contributed by atoms with Gasteiger partial charge in [-0.3, -0.25) is 10.1 Å². The van der Waals surface area contributed by atoms with E-state index in [1.165, 1.54) is 19.2 Å².